The molecular formula is C18H15ClN2O2. The van der Waals surface area contributed by atoms with Crippen molar-refractivity contribution in [2.24, 2.45) is 0 Å². The molecule has 4 nitrogen and oxygen atoms in total. The number of ether oxygens (including phenoxy) is 1. The van der Waals surface area contributed by atoms with Gasteiger partial charge in [0, 0.05) is 23.2 Å². The van der Waals surface area contributed by atoms with Gasteiger partial charge in [0.2, 0.25) is 0 Å². The lowest BCUT2D eigenvalue weighted by molar-refractivity contribution is 0.0601. The molecule has 3 aromatic rings. The summed E-state index contributed by atoms with van der Waals surface area (Å²) in [5.41, 5.74) is 3.08. The van der Waals surface area contributed by atoms with Gasteiger partial charge >= 0.3 is 5.97 Å². The third-order valence-electron chi connectivity index (χ3n) is 3.52. The van der Waals surface area contributed by atoms with E-state index in [2.05, 4.69) is 10.3 Å². The molecule has 0 radical (unpaired) electrons. The number of para-hydroxylation sites is 1. The van der Waals surface area contributed by atoms with Crippen LogP contribution in [0.2, 0.25) is 5.15 Å². The molecule has 0 amide bonds. The van der Waals surface area contributed by atoms with Crippen molar-refractivity contribution in [3.63, 3.8) is 0 Å². The molecule has 1 aromatic heterocycles. The van der Waals surface area contributed by atoms with Crippen LogP contribution in [0.4, 0.5) is 5.69 Å². The van der Waals surface area contributed by atoms with Crippen LogP contribution in [-0.4, -0.2) is 18.1 Å². The van der Waals surface area contributed by atoms with Crippen LogP contribution in [0.25, 0.3) is 10.9 Å². The van der Waals surface area contributed by atoms with E-state index >= 15 is 0 Å². The van der Waals surface area contributed by atoms with E-state index in [0.717, 1.165) is 22.2 Å². The molecule has 5 heteroatoms. The van der Waals surface area contributed by atoms with Gasteiger partial charge in [0.25, 0.3) is 0 Å². The van der Waals surface area contributed by atoms with Crippen molar-refractivity contribution in [1.29, 1.82) is 0 Å². The summed E-state index contributed by atoms with van der Waals surface area (Å²) in [6.45, 7) is 0.515. The van der Waals surface area contributed by atoms with Crippen LogP contribution >= 0.6 is 11.6 Å². The van der Waals surface area contributed by atoms with Crippen LogP contribution < -0.4 is 5.32 Å². The van der Waals surface area contributed by atoms with Gasteiger partial charge in [0.05, 0.1) is 18.2 Å². The summed E-state index contributed by atoms with van der Waals surface area (Å²) >= 11 is 6.25. The highest BCUT2D eigenvalue weighted by Gasteiger charge is 2.07. The Labute approximate surface area is 139 Å². The van der Waals surface area contributed by atoms with Crippen LogP contribution in [0.3, 0.4) is 0 Å². The van der Waals surface area contributed by atoms with E-state index in [0.29, 0.717) is 17.3 Å². The van der Waals surface area contributed by atoms with E-state index in [1.54, 1.807) is 18.2 Å². The standard InChI is InChI=1S/C18H15ClN2O2/c1-23-18(22)13-6-4-7-15(10-13)20-11-14-9-12-5-2-3-8-16(12)21-17(14)19/h2-10,20H,11H2,1H3. The number of pyridine rings is 1. The number of halogens is 1. The van der Waals surface area contributed by atoms with Crippen LogP contribution in [-0.2, 0) is 11.3 Å². The zero-order valence-electron chi connectivity index (χ0n) is 12.5. The number of nitrogens with zero attached hydrogens (tertiary/aromatic N) is 1. The van der Waals surface area contributed by atoms with E-state index in [1.807, 2.05) is 36.4 Å². The van der Waals surface area contributed by atoms with E-state index < -0.39 is 0 Å². The first-order valence-electron chi connectivity index (χ1n) is 7.14. The molecule has 0 aliphatic carbocycles. The Kier molecular flexibility index (Phi) is 4.44. The van der Waals surface area contributed by atoms with Gasteiger partial charge in [-0.1, -0.05) is 35.9 Å². The molecule has 0 saturated heterocycles. The highest BCUT2D eigenvalue weighted by molar-refractivity contribution is 6.30. The monoisotopic (exact) mass is 326 g/mol. The van der Waals surface area contributed by atoms with E-state index in [-0.39, 0.29) is 5.97 Å². The van der Waals surface area contributed by atoms with Gasteiger partial charge < -0.3 is 10.1 Å². The Morgan fingerprint density at radius 1 is 1.17 bits per heavy atom. The van der Waals surface area contributed by atoms with Gasteiger partial charge in [-0.2, -0.15) is 0 Å². The quantitative estimate of drug-likeness (QED) is 0.574. The molecule has 1 N–H and O–H groups in total. The fraction of sp³-hybridized carbons (Fsp3) is 0.111. The number of carbonyl (C=O) groups excluding carboxylic acids is 1. The summed E-state index contributed by atoms with van der Waals surface area (Å²) in [4.78, 5) is 16.0. The second kappa shape index (κ2) is 6.67. The molecule has 3 rings (SSSR count). The first-order chi connectivity index (χ1) is 11.2. The van der Waals surface area contributed by atoms with Crippen LogP contribution in [0.1, 0.15) is 15.9 Å². The van der Waals surface area contributed by atoms with E-state index in [9.17, 15) is 4.79 Å². The maximum atomic E-state index is 11.6. The summed E-state index contributed by atoms with van der Waals surface area (Å²) in [7, 11) is 1.36. The van der Waals surface area contributed by atoms with Gasteiger partial charge in [0.1, 0.15) is 5.15 Å². The minimum atomic E-state index is -0.362. The molecule has 2 aromatic carbocycles. The lowest BCUT2D eigenvalue weighted by atomic mass is 10.1. The van der Waals surface area contributed by atoms with Crippen molar-refractivity contribution in [2.45, 2.75) is 6.54 Å². The van der Waals surface area contributed by atoms with Gasteiger partial charge in [0.15, 0.2) is 0 Å². The number of methoxy groups -OCH3 is 1. The van der Waals surface area contributed by atoms with Crippen LogP contribution in [0, 0.1) is 0 Å². The second-order valence-electron chi connectivity index (χ2n) is 5.06. The van der Waals surface area contributed by atoms with Gasteiger partial charge in [-0.15, -0.1) is 0 Å². The molecule has 0 atom stereocenters. The Morgan fingerprint density at radius 3 is 2.83 bits per heavy atom. The summed E-state index contributed by atoms with van der Waals surface area (Å²) in [5, 5.41) is 4.77. The number of carbonyl (C=O) groups is 1. The molecule has 0 spiro atoms. The number of esters is 1. The van der Waals surface area contributed by atoms with Crippen molar-refractivity contribution < 1.29 is 9.53 Å². The maximum Gasteiger partial charge on any atom is 0.337 e. The third kappa shape index (κ3) is 3.43. The second-order valence-corrected chi connectivity index (χ2v) is 5.41. The molecule has 0 fully saturated rings. The van der Waals surface area contributed by atoms with E-state index in [4.69, 9.17) is 16.3 Å². The number of hydrogen-bond acceptors (Lipinski definition) is 4. The van der Waals surface area contributed by atoms with Gasteiger partial charge in [-0.05, 0) is 30.3 Å². The van der Waals surface area contributed by atoms with Crippen molar-refractivity contribution in [1.82, 2.24) is 4.98 Å². The largest absolute Gasteiger partial charge is 0.465 e. The van der Waals surface area contributed by atoms with Crippen molar-refractivity contribution >= 4 is 34.2 Å². The number of rotatable bonds is 4. The third-order valence-corrected chi connectivity index (χ3v) is 3.84. The molecule has 116 valence electrons. The number of nitrogens with one attached hydrogen (secondary N) is 1. The predicted octanol–water partition coefficient (Wildman–Crippen LogP) is 4.29. The molecule has 1 heterocycles. The molecular weight excluding hydrogens is 312 g/mol. The topological polar surface area (TPSA) is 51.2 Å². The first kappa shape index (κ1) is 15.3. The zero-order chi connectivity index (χ0) is 16.2. The number of hydrogen-bond donors (Lipinski definition) is 1. The lowest BCUT2D eigenvalue weighted by Gasteiger charge is -2.10. The number of anilines is 1. The Bertz CT molecular complexity index is 865. The molecule has 0 saturated carbocycles. The Hall–Kier alpha value is -2.59. The lowest BCUT2D eigenvalue weighted by Crippen LogP contribution is -2.04. The maximum absolute atomic E-state index is 11.6. The summed E-state index contributed by atoms with van der Waals surface area (Å²) in [6, 6.07) is 17.0. The van der Waals surface area contributed by atoms with Crippen LogP contribution in [0.5, 0.6) is 0 Å². The Balaban J connectivity index is 1.80. The van der Waals surface area contributed by atoms with Crippen molar-refractivity contribution in [3.05, 3.63) is 70.9 Å². The van der Waals surface area contributed by atoms with Crippen LogP contribution in [0.15, 0.2) is 54.6 Å². The highest BCUT2D eigenvalue weighted by atomic mass is 35.5. The SMILES string of the molecule is COC(=O)c1cccc(NCc2cc3ccccc3nc2Cl)c1. The summed E-state index contributed by atoms with van der Waals surface area (Å²) < 4.78 is 4.72. The van der Waals surface area contributed by atoms with Gasteiger partial charge in [-0.3, -0.25) is 0 Å². The number of aromatic nitrogens is 1. The summed E-state index contributed by atoms with van der Waals surface area (Å²) in [6.07, 6.45) is 0. The molecule has 0 aliphatic heterocycles. The fourth-order valence-corrected chi connectivity index (χ4v) is 2.54. The first-order valence-corrected chi connectivity index (χ1v) is 7.51. The number of fused-ring (bicyclic) bond motifs is 1. The average molecular weight is 327 g/mol. The molecule has 0 unspecified atom stereocenters. The van der Waals surface area contributed by atoms with Gasteiger partial charge in [-0.25, -0.2) is 9.78 Å². The highest BCUT2D eigenvalue weighted by Crippen LogP contribution is 2.22. The van der Waals surface area contributed by atoms with Crippen molar-refractivity contribution in [2.75, 3.05) is 12.4 Å². The number of benzene rings is 2. The molecule has 0 bridgehead atoms. The fourth-order valence-electron chi connectivity index (χ4n) is 2.33. The minimum absolute atomic E-state index is 0.362. The Morgan fingerprint density at radius 2 is 2.00 bits per heavy atom. The smallest absolute Gasteiger partial charge is 0.337 e. The predicted molar refractivity (Wildman–Crippen MR) is 91.9 cm³/mol. The normalized spacial score (nSPS) is 10.5. The minimum Gasteiger partial charge on any atom is -0.465 e. The molecule has 23 heavy (non-hydrogen) atoms. The summed E-state index contributed by atoms with van der Waals surface area (Å²) in [5.74, 6) is -0.362. The van der Waals surface area contributed by atoms with E-state index in [1.165, 1.54) is 7.11 Å². The average Bonchev–Trinajstić information content (AvgIpc) is 2.59. The zero-order valence-corrected chi connectivity index (χ0v) is 13.3. The van der Waals surface area contributed by atoms with Crippen molar-refractivity contribution in [3.8, 4) is 0 Å². The molecule has 0 aliphatic rings.